The molecule has 0 atom stereocenters. The highest BCUT2D eigenvalue weighted by atomic mass is 16.5. The molecule has 1 rings (SSSR count). The molecule has 0 aliphatic rings. The predicted molar refractivity (Wildman–Crippen MR) is 74.3 cm³/mol. The normalized spacial score (nSPS) is 10.5. The van der Waals surface area contributed by atoms with E-state index in [0.717, 1.165) is 12.0 Å². The van der Waals surface area contributed by atoms with Crippen molar-refractivity contribution in [2.45, 2.75) is 19.9 Å². The molecule has 0 fully saturated rings. The zero-order chi connectivity index (χ0) is 14.3. The van der Waals surface area contributed by atoms with Gasteiger partial charge in [0.2, 0.25) is 5.91 Å². The van der Waals surface area contributed by atoms with Crippen molar-refractivity contribution in [3.05, 3.63) is 23.8 Å². The van der Waals surface area contributed by atoms with Crippen LogP contribution in [-0.2, 0) is 11.3 Å². The Kier molecular flexibility index (Phi) is 6.15. The molecule has 19 heavy (non-hydrogen) atoms. The van der Waals surface area contributed by atoms with E-state index < -0.39 is 0 Å². The van der Waals surface area contributed by atoms with Crippen molar-refractivity contribution < 1.29 is 14.6 Å². The quantitative estimate of drug-likeness (QED) is 0.782. The number of nitrogens with one attached hydrogen (secondary N) is 1. The Morgan fingerprint density at radius 1 is 1.47 bits per heavy atom. The zero-order valence-corrected chi connectivity index (χ0v) is 11.8. The molecule has 0 aliphatic heterocycles. The number of amides is 1. The minimum Gasteiger partial charge on any atom is -0.507 e. The van der Waals surface area contributed by atoms with Gasteiger partial charge in [0, 0.05) is 24.7 Å². The molecule has 0 aliphatic carbocycles. The summed E-state index contributed by atoms with van der Waals surface area (Å²) in [6.07, 6.45) is 0.925. The van der Waals surface area contributed by atoms with Crippen LogP contribution in [0.2, 0.25) is 0 Å². The van der Waals surface area contributed by atoms with Gasteiger partial charge in [-0.3, -0.25) is 9.69 Å². The van der Waals surface area contributed by atoms with Crippen LogP contribution in [0.1, 0.15) is 18.9 Å². The summed E-state index contributed by atoms with van der Waals surface area (Å²) < 4.78 is 5.03. The Hall–Kier alpha value is -1.75. The van der Waals surface area contributed by atoms with Crippen molar-refractivity contribution in [3.8, 4) is 11.5 Å². The Morgan fingerprint density at radius 3 is 2.79 bits per heavy atom. The summed E-state index contributed by atoms with van der Waals surface area (Å²) in [7, 11) is 3.40. The lowest BCUT2D eigenvalue weighted by molar-refractivity contribution is -0.122. The van der Waals surface area contributed by atoms with E-state index >= 15 is 0 Å². The van der Waals surface area contributed by atoms with E-state index in [2.05, 4.69) is 5.32 Å². The minimum atomic E-state index is -0.00245. The van der Waals surface area contributed by atoms with Crippen LogP contribution in [0.25, 0.3) is 0 Å². The molecule has 0 aromatic heterocycles. The molecular weight excluding hydrogens is 244 g/mol. The SMILES string of the molecule is CCCNC(=O)CN(C)Cc1ccc(OC)cc1O. The van der Waals surface area contributed by atoms with Crippen molar-refractivity contribution in [1.29, 1.82) is 0 Å². The van der Waals surface area contributed by atoms with E-state index in [-0.39, 0.29) is 11.7 Å². The molecule has 5 nitrogen and oxygen atoms in total. The van der Waals surface area contributed by atoms with Gasteiger partial charge in [-0.25, -0.2) is 0 Å². The molecule has 1 amide bonds. The van der Waals surface area contributed by atoms with E-state index in [4.69, 9.17) is 4.74 Å². The molecule has 0 bridgehead atoms. The number of hydrogen-bond acceptors (Lipinski definition) is 4. The van der Waals surface area contributed by atoms with Crippen LogP contribution in [-0.4, -0.2) is 43.2 Å². The first-order chi connectivity index (χ1) is 9.06. The number of phenolic OH excluding ortho intramolecular Hbond substituents is 1. The fraction of sp³-hybridized carbons (Fsp3) is 0.500. The summed E-state index contributed by atoms with van der Waals surface area (Å²) in [5.74, 6) is 0.794. The first-order valence-electron chi connectivity index (χ1n) is 6.38. The molecule has 0 spiro atoms. The van der Waals surface area contributed by atoms with Gasteiger partial charge in [0.05, 0.1) is 13.7 Å². The summed E-state index contributed by atoms with van der Waals surface area (Å²) in [6.45, 7) is 3.53. The van der Waals surface area contributed by atoms with Crippen LogP contribution >= 0.6 is 0 Å². The third-order valence-corrected chi connectivity index (χ3v) is 2.72. The number of likely N-dealkylation sites (N-methyl/N-ethyl adjacent to an activating group) is 1. The van der Waals surface area contributed by atoms with Crippen LogP contribution in [0.3, 0.4) is 0 Å². The zero-order valence-electron chi connectivity index (χ0n) is 11.8. The fourth-order valence-corrected chi connectivity index (χ4v) is 1.72. The van der Waals surface area contributed by atoms with E-state index in [1.165, 1.54) is 0 Å². The van der Waals surface area contributed by atoms with E-state index in [9.17, 15) is 9.90 Å². The van der Waals surface area contributed by atoms with Crippen molar-refractivity contribution in [2.24, 2.45) is 0 Å². The number of ether oxygens (including phenoxy) is 1. The van der Waals surface area contributed by atoms with Crippen LogP contribution < -0.4 is 10.1 Å². The first-order valence-corrected chi connectivity index (χ1v) is 6.38. The summed E-state index contributed by atoms with van der Waals surface area (Å²) >= 11 is 0. The second kappa shape index (κ2) is 7.63. The van der Waals surface area contributed by atoms with Gasteiger partial charge in [0.25, 0.3) is 0 Å². The Morgan fingerprint density at radius 2 is 2.21 bits per heavy atom. The number of rotatable bonds is 7. The van der Waals surface area contributed by atoms with Gasteiger partial charge in [-0.2, -0.15) is 0 Å². The van der Waals surface area contributed by atoms with Crippen LogP contribution in [0.15, 0.2) is 18.2 Å². The largest absolute Gasteiger partial charge is 0.507 e. The molecule has 0 radical (unpaired) electrons. The number of carbonyl (C=O) groups excluding carboxylic acids is 1. The smallest absolute Gasteiger partial charge is 0.234 e. The summed E-state index contributed by atoms with van der Waals surface area (Å²) in [5.41, 5.74) is 0.770. The second-order valence-electron chi connectivity index (χ2n) is 4.52. The maximum Gasteiger partial charge on any atom is 0.234 e. The minimum absolute atomic E-state index is 0.00245. The van der Waals surface area contributed by atoms with Crippen molar-refractivity contribution >= 4 is 5.91 Å². The molecular formula is C14H22N2O3. The molecule has 0 saturated heterocycles. The van der Waals surface area contributed by atoms with Gasteiger partial charge in [0.15, 0.2) is 0 Å². The van der Waals surface area contributed by atoms with Crippen LogP contribution in [0.5, 0.6) is 11.5 Å². The first kappa shape index (κ1) is 15.3. The average Bonchev–Trinajstić information content (AvgIpc) is 2.38. The van der Waals surface area contributed by atoms with Crippen molar-refractivity contribution in [1.82, 2.24) is 10.2 Å². The van der Waals surface area contributed by atoms with Gasteiger partial charge in [-0.1, -0.05) is 13.0 Å². The molecule has 0 heterocycles. The van der Waals surface area contributed by atoms with Crippen molar-refractivity contribution in [2.75, 3.05) is 27.2 Å². The number of aromatic hydroxyl groups is 1. The third-order valence-electron chi connectivity index (χ3n) is 2.72. The lowest BCUT2D eigenvalue weighted by atomic mass is 10.2. The lowest BCUT2D eigenvalue weighted by Gasteiger charge is -2.17. The number of nitrogens with zero attached hydrogens (tertiary/aromatic N) is 1. The molecule has 1 aromatic carbocycles. The molecule has 0 saturated carbocycles. The van der Waals surface area contributed by atoms with Crippen LogP contribution in [0.4, 0.5) is 0 Å². The van der Waals surface area contributed by atoms with Gasteiger partial charge >= 0.3 is 0 Å². The number of hydrogen-bond donors (Lipinski definition) is 2. The van der Waals surface area contributed by atoms with Crippen molar-refractivity contribution in [3.63, 3.8) is 0 Å². The topological polar surface area (TPSA) is 61.8 Å². The fourth-order valence-electron chi connectivity index (χ4n) is 1.72. The average molecular weight is 266 g/mol. The van der Waals surface area contributed by atoms with E-state index in [0.29, 0.717) is 25.4 Å². The highest BCUT2D eigenvalue weighted by molar-refractivity contribution is 5.77. The Labute approximate surface area is 114 Å². The molecule has 1 aromatic rings. The van der Waals surface area contributed by atoms with Gasteiger partial charge in [-0.05, 0) is 19.5 Å². The monoisotopic (exact) mass is 266 g/mol. The highest BCUT2D eigenvalue weighted by Gasteiger charge is 2.09. The lowest BCUT2D eigenvalue weighted by Crippen LogP contribution is -2.35. The van der Waals surface area contributed by atoms with Gasteiger partial charge in [-0.15, -0.1) is 0 Å². The van der Waals surface area contributed by atoms with Crippen LogP contribution in [0, 0.1) is 0 Å². The van der Waals surface area contributed by atoms with Gasteiger partial charge < -0.3 is 15.2 Å². The molecule has 0 unspecified atom stereocenters. The molecule has 2 N–H and O–H groups in total. The van der Waals surface area contributed by atoms with E-state index in [1.807, 2.05) is 18.9 Å². The number of benzene rings is 1. The second-order valence-corrected chi connectivity index (χ2v) is 4.52. The Bertz CT molecular complexity index is 421. The highest BCUT2D eigenvalue weighted by Crippen LogP contribution is 2.24. The maximum absolute atomic E-state index is 11.6. The number of methoxy groups -OCH3 is 1. The molecule has 5 heteroatoms. The summed E-state index contributed by atoms with van der Waals surface area (Å²) in [5, 5.41) is 12.7. The molecule has 106 valence electrons. The maximum atomic E-state index is 11.6. The standard InChI is InChI=1S/C14H22N2O3/c1-4-7-15-14(18)10-16(2)9-11-5-6-12(19-3)8-13(11)17/h5-6,8,17H,4,7,9-10H2,1-3H3,(H,15,18). The van der Waals surface area contributed by atoms with E-state index in [1.54, 1.807) is 25.3 Å². The van der Waals surface area contributed by atoms with Gasteiger partial charge in [0.1, 0.15) is 11.5 Å². The summed E-state index contributed by atoms with van der Waals surface area (Å²) in [4.78, 5) is 13.4. The summed E-state index contributed by atoms with van der Waals surface area (Å²) in [6, 6.07) is 5.16. The third kappa shape index (κ3) is 5.18. The predicted octanol–water partition coefficient (Wildman–Crippen LogP) is 1.36. The number of carbonyl (C=O) groups is 1. The Balaban J connectivity index is 2.52. The number of phenols is 1.